The van der Waals surface area contributed by atoms with Crippen LogP contribution in [0.25, 0.3) is 0 Å². The zero-order valence-corrected chi connectivity index (χ0v) is 12.1. The van der Waals surface area contributed by atoms with Crippen LogP contribution in [0.5, 0.6) is 0 Å². The molecule has 1 aromatic carbocycles. The Kier molecular flexibility index (Phi) is 4.40. The van der Waals surface area contributed by atoms with E-state index in [4.69, 9.17) is 0 Å². The zero-order chi connectivity index (χ0) is 14.5. The van der Waals surface area contributed by atoms with Crippen molar-refractivity contribution in [3.05, 3.63) is 47.8 Å². The number of rotatable bonds is 5. The van der Waals surface area contributed by atoms with Crippen molar-refractivity contribution >= 4 is 11.6 Å². The van der Waals surface area contributed by atoms with Gasteiger partial charge >= 0.3 is 0 Å². The summed E-state index contributed by atoms with van der Waals surface area (Å²) in [5.74, 6) is 0.00690. The van der Waals surface area contributed by atoms with Gasteiger partial charge in [-0.2, -0.15) is 5.10 Å². The minimum Gasteiger partial charge on any atom is -0.381 e. The Balaban J connectivity index is 2.02. The predicted octanol–water partition coefficient (Wildman–Crippen LogP) is 2.22. The quantitative estimate of drug-likeness (QED) is 0.908. The monoisotopic (exact) mass is 272 g/mol. The van der Waals surface area contributed by atoms with E-state index in [0.29, 0.717) is 12.1 Å². The number of hydrogen-bond acceptors (Lipinski definition) is 3. The van der Waals surface area contributed by atoms with E-state index in [0.717, 1.165) is 17.8 Å². The molecule has 5 nitrogen and oxygen atoms in total. The minimum atomic E-state index is 0.00690. The van der Waals surface area contributed by atoms with Gasteiger partial charge in [0.2, 0.25) is 0 Å². The van der Waals surface area contributed by atoms with Crippen LogP contribution in [0, 0.1) is 0 Å². The highest BCUT2D eigenvalue weighted by Gasteiger charge is 2.08. The Morgan fingerprint density at radius 1 is 1.40 bits per heavy atom. The van der Waals surface area contributed by atoms with Crippen molar-refractivity contribution < 1.29 is 4.79 Å². The van der Waals surface area contributed by atoms with Gasteiger partial charge in [-0.25, -0.2) is 0 Å². The summed E-state index contributed by atoms with van der Waals surface area (Å²) >= 11 is 0. The summed E-state index contributed by atoms with van der Waals surface area (Å²) < 4.78 is 1.89. The van der Waals surface area contributed by atoms with Crippen LogP contribution in [0.1, 0.15) is 22.8 Å². The smallest absolute Gasteiger partial charge is 0.253 e. The number of nitrogens with zero attached hydrogens (tertiary/aromatic N) is 3. The number of carbonyl (C=O) groups excluding carboxylic acids is 1. The molecule has 1 N–H and O–H groups in total. The van der Waals surface area contributed by atoms with Gasteiger partial charge in [0.1, 0.15) is 0 Å². The third kappa shape index (κ3) is 3.38. The molecule has 0 spiro atoms. The van der Waals surface area contributed by atoms with E-state index >= 15 is 0 Å². The molecule has 106 valence electrons. The first-order chi connectivity index (χ1) is 9.60. The second kappa shape index (κ2) is 6.23. The third-order valence-corrected chi connectivity index (χ3v) is 3.02. The average Bonchev–Trinajstić information content (AvgIpc) is 2.92. The van der Waals surface area contributed by atoms with E-state index in [-0.39, 0.29) is 5.91 Å². The molecule has 0 aliphatic carbocycles. The lowest BCUT2D eigenvalue weighted by molar-refractivity contribution is 0.0827. The molecule has 1 heterocycles. The molecule has 0 atom stereocenters. The summed E-state index contributed by atoms with van der Waals surface area (Å²) in [5.41, 5.74) is 2.74. The van der Waals surface area contributed by atoms with Crippen molar-refractivity contribution in [2.24, 2.45) is 0 Å². The average molecular weight is 272 g/mol. The minimum absolute atomic E-state index is 0.00690. The molecule has 0 aliphatic rings. The van der Waals surface area contributed by atoms with Gasteiger partial charge in [-0.3, -0.25) is 9.48 Å². The molecule has 0 radical (unpaired) electrons. The molecule has 0 fully saturated rings. The summed E-state index contributed by atoms with van der Waals surface area (Å²) in [5, 5.41) is 7.54. The summed E-state index contributed by atoms with van der Waals surface area (Å²) in [4.78, 5) is 13.5. The number of carbonyl (C=O) groups is 1. The normalized spacial score (nSPS) is 10.3. The number of hydrogen-bond donors (Lipinski definition) is 1. The van der Waals surface area contributed by atoms with Crippen LogP contribution in [0.2, 0.25) is 0 Å². The van der Waals surface area contributed by atoms with E-state index in [1.54, 1.807) is 19.0 Å². The fourth-order valence-electron chi connectivity index (χ4n) is 1.90. The van der Waals surface area contributed by atoms with Crippen molar-refractivity contribution in [1.29, 1.82) is 0 Å². The highest BCUT2D eigenvalue weighted by molar-refractivity contribution is 5.94. The lowest BCUT2D eigenvalue weighted by atomic mass is 10.2. The fourth-order valence-corrected chi connectivity index (χ4v) is 1.90. The lowest BCUT2D eigenvalue weighted by Crippen LogP contribution is -2.21. The van der Waals surface area contributed by atoms with Gasteiger partial charge in [0.15, 0.2) is 0 Å². The molecule has 0 saturated heterocycles. The number of anilines is 1. The van der Waals surface area contributed by atoms with Crippen LogP contribution in [0.4, 0.5) is 5.69 Å². The van der Waals surface area contributed by atoms with Crippen LogP contribution >= 0.6 is 0 Å². The van der Waals surface area contributed by atoms with Crippen LogP contribution in [0.3, 0.4) is 0 Å². The molecular weight excluding hydrogens is 252 g/mol. The SMILES string of the molecule is CCn1cc(CNc2cccc(C(=O)N(C)C)c2)cn1. The first-order valence-electron chi connectivity index (χ1n) is 6.67. The van der Waals surface area contributed by atoms with E-state index in [9.17, 15) is 4.79 Å². The van der Waals surface area contributed by atoms with Crippen molar-refractivity contribution in [3.8, 4) is 0 Å². The maximum Gasteiger partial charge on any atom is 0.253 e. The van der Waals surface area contributed by atoms with Gasteiger partial charge in [0, 0.05) is 50.2 Å². The summed E-state index contributed by atoms with van der Waals surface area (Å²) in [7, 11) is 3.50. The fraction of sp³-hybridized carbons (Fsp3) is 0.333. The summed E-state index contributed by atoms with van der Waals surface area (Å²) in [6.07, 6.45) is 3.87. The molecule has 20 heavy (non-hydrogen) atoms. The van der Waals surface area contributed by atoms with E-state index in [2.05, 4.69) is 17.3 Å². The zero-order valence-electron chi connectivity index (χ0n) is 12.1. The highest BCUT2D eigenvalue weighted by atomic mass is 16.2. The van der Waals surface area contributed by atoms with Gasteiger partial charge in [0.05, 0.1) is 6.20 Å². The molecule has 0 aliphatic heterocycles. The molecule has 5 heteroatoms. The predicted molar refractivity (Wildman–Crippen MR) is 79.7 cm³/mol. The maximum atomic E-state index is 11.9. The van der Waals surface area contributed by atoms with Gasteiger partial charge in [0.25, 0.3) is 5.91 Å². The first-order valence-corrected chi connectivity index (χ1v) is 6.67. The number of aryl methyl sites for hydroxylation is 1. The topological polar surface area (TPSA) is 50.2 Å². The van der Waals surface area contributed by atoms with Gasteiger partial charge < -0.3 is 10.2 Å². The number of benzene rings is 1. The molecule has 0 saturated carbocycles. The Morgan fingerprint density at radius 3 is 2.85 bits per heavy atom. The highest BCUT2D eigenvalue weighted by Crippen LogP contribution is 2.13. The third-order valence-electron chi connectivity index (χ3n) is 3.02. The Labute approximate surface area is 119 Å². The Bertz CT molecular complexity index is 589. The lowest BCUT2D eigenvalue weighted by Gasteiger charge is -2.11. The molecule has 1 aromatic heterocycles. The second-order valence-corrected chi connectivity index (χ2v) is 4.84. The first kappa shape index (κ1) is 14.1. The molecular formula is C15H20N4O. The largest absolute Gasteiger partial charge is 0.381 e. The van der Waals surface area contributed by atoms with Gasteiger partial charge in [-0.05, 0) is 25.1 Å². The number of aromatic nitrogens is 2. The Hall–Kier alpha value is -2.30. The molecule has 0 unspecified atom stereocenters. The van der Waals surface area contributed by atoms with Crippen molar-refractivity contribution in [3.63, 3.8) is 0 Å². The summed E-state index contributed by atoms with van der Waals surface area (Å²) in [6.45, 7) is 3.62. The molecule has 0 bridgehead atoms. The Morgan fingerprint density at radius 2 is 2.20 bits per heavy atom. The van der Waals surface area contributed by atoms with Crippen molar-refractivity contribution in [2.45, 2.75) is 20.0 Å². The number of nitrogens with one attached hydrogen (secondary N) is 1. The van der Waals surface area contributed by atoms with E-state index in [1.807, 2.05) is 41.3 Å². The maximum absolute atomic E-state index is 11.9. The second-order valence-electron chi connectivity index (χ2n) is 4.84. The molecule has 2 aromatic rings. The van der Waals surface area contributed by atoms with E-state index < -0.39 is 0 Å². The summed E-state index contributed by atoms with van der Waals surface area (Å²) in [6, 6.07) is 7.53. The van der Waals surface area contributed by atoms with Crippen molar-refractivity contribution in [1.82, 2.24) is 14.7 Å². The standard InChI is InChI=1S/C15H20N4O/c1-4-19-11-12(10-17-19)9-16-14-7-5-6-13(8-14)15(20)18(2)3/h5-8,10-11,16H,4,9H2,1-3H3. The molecule has 1 amide bonds. The van der Waals surface area contributed by atoms with Crippen LogP contribution in [-0.2, 0) is 13.1 Å². The van der Waals surface area contributed by atoms with E-state index in [1.165, 1.54) is 0 Å². The van der Waals surface area contributed by atoms with Gasteiger partial charge in [-0.15, -0.1) is 0 Å². The molecule has 2 rings (SSSR count). The van der Waals surface area contributed by atoms with Crippen molar-refractivity contribution in [2.75, 3.05) is 19.4 Å². The number of amides is 1. The van der Waals surface area contributed by atoms with Gasteiger partial charge in [-0.1, -0.05) is 6.07 Å². The van der Waals surface area contributed by atoms with Crippen LogP contribution in [-0.4, -0.2) is 34.7 Å². The van der Waals surface area contributed by atoms with Crippen LogP contribution < -0.4 is 5.32 Å². The van der Waals surface area contributed by atoms with Crippen LogP contribution in [0.15, 0.2) is 36.7 Å².